The van der Waals surface area contributed by atoms with Gasteiger partial charge in [0.2, 0.25) is 0 Å². The Bertz CT molecular complexity index is 517. The highest BCUT2D eigenvalue weighted by Crippen LogP contribution is 2.30. The summed E-state index contributed by atoms with van der Waals surface area (Å²) in [6.45, 7) is 1.15. The van der Waals surface area contributed by atoms with Crippen molar-refractivity contribution in [3.63, 3.8) is 0 Å². The number of fused-ring (bicyclic) bond motifs is 1. The topological polar surface area (TPSA) is 46.6 Å². The molecule has 1 saturated heterocycles. The number of rotatable bonds is 1. The molecule has 1 atom stereocenters. The molecule has 1 fully saturated rings. The lowest BCUT2D eigenvalue weighted by Gasteiger charge is -2.18. The number of likely N-dealkylation sites (tertiary alicyclic amines) is 1. The molecular formula is C12H16N4. The number of anilines is 1. The van der Waals surface area contributed by atoms with Gasteiger partial charge in [0.1, 0.15) is 5.82 Å². The molecule has 3 rings (SSSR count). The molecule has 4 nitrogen and oxygen atoms in total. The third kappa shape index (κ3) is 1.38. The Hall–Kier alpha value is -1.55. The first-order valence-corrected chi connectivity index (χ1v) is 5.68. The van der Waals surface area contributed by atoms with Crippen molar-refractivity contribution in [1.82, 2.24) is 14.3 Å². The lowest BCUT2D eigenvalue weighted by molar-refractivity contribution is 0.305. The smallest absolute Gasteiger partial charge is 0.130 e. The SMILES string of the molecule is CN1CCCC1c1ncc2ccc(N)cn12. The Morgan fingerprint density at radius 3 is 3.06 bits per heavy atom. The van der Waals surface area contributed by atoms with Crippen LogP contribution in [0.3, 0.4) is 0 Å². The Morgan fingerprint density at radius 1 is 1.44 bits per heavy atom. The fourth-order valence-corrected chi connectivity index (χ4v) is 2.51. The van der Waals surface area contributed by atoms with Crippen LogP contribution in [0.15, 0.2) is 24.5 Å². The number of pyridine rings is 1. The predicted octanol–water partition coefficient (Wildman–Crippen LogP) is 1.68. The molecule has 0 radical (unpaired) electrons. The maximum Gasteiger partial charge on any atom is 0.130 e. The molecular weight excluding hydrogens is 200 g/mol. The van der Waals surface area contributed by atoms with Crippen molar-refractivity contribution >= 4 is 11.2 Å². The number of imidazole rings is 1. The Morgan fingerprint density at radius 2 is 2.31 bits per heavy atom. The van der Waals surface area contributed by atoms with Gasteiger partial charge in [0, 0.05) is 11.9 Å². The van der Waals surface area contributed by atoms with Gasteiger partial charge in [0.25, 0.3) is 0 Å². The van der Waals surface area contributed by atoms with Crippen molar-refractivity contribution in [2.75, 3.05) is 19.3 Å². The van der Waals surface area contributed by atoms with Crippen LogP contribution in [0.5, 0.6) is 0 Å². The van der Waals surface area contributed by atoms with Gasteiger partial charge in [0.15, 0.2) is 0 Å². The van der Waals surface area contributed by atoms with E-state index in [1.165, 1.54) is 12.8 Å². The molecule has 2 aromatic heterocycles. The van der Waals surface area contributed by atoms with Crippen molar-refractivity contribution in [3.05, 3.63) is 30.4 Å². The zero-order valence-corrected chi connectivity index (χ0v) is 9.43. The molecule has 1 aliphatic heterocycles. The van der Waals surface area contributed by atoms with Crippen molar-refractivity contribution in [2.45, 2.75) is 18.9 Å². The highest BCUT2D eigenvalue weighted by Gasteiger charge is 2.25. The fraction of sp³-hybridized carbons (Fsp3) is 0.417. The fourth-order valence-electron chi connectivity index (χ4n) is 2.51. The molecule has 1 aliphatic rings. The minimum atomic E-state index is 0.435. The van der Waals surface area contributed by atoms with Gasteiger partial charge in [-0.25, -0.2) is 4.98 Å². The van der Waals surface area contributed by atoms with E-state index in [2.05, 4.69) is 21.3 Å². The minimum Gasteiger partial charge on any atom is -0.398 e. The highest BCUT2D eigenvalue weighted by molar-refractivity contribution is 5.52. The van der Waals surface area contributed by atoms with Gasteiger partial charge in [-0.15, -0.1) is 0 Å². The Labute approximate surface area is 94.7 Å². The maximum absolute atomic E-state index is 5.82. The lowest BCUT2D eigenvalue weighted by Crippen LogP contribution is -2.19. The second kappa shape index (κ2) is 3.49. The molecule has 0 saturated carbocycles. The standard InChI is InChI=1S/C12H16N4/c1-15-6-2-3-11(15)12-14-7-10-5-4-9(13)8-16(10)12/h4-5,7-8,11H,2-3,6,13H2,1H3. The number of nitrogens with two attached hydrogens (primary N) is 1. The molecule has 0 bridgehead atoms. The molecule has 2 N–H and O–H groups in total. The van der Waals surface area contributed by atoms with E-state index in [1.807, 2.05) is 24.5 Å². The van der Waals surface area contributed by atoms with Crippen LogP contribution < -0.4 is 5.73 Å². The van der Waals surface area contributed by atoms with E-state index >= 15 is 0 Å². The Kier molecular flexibility index (Phi) is 2.11. The third-order valence-electron chi connectivity index (χ3n) is 3.40. The van der Waals surface area contributed by atoms with Crippen LogP contribution in [0.4, 0.5) is 5.69 Å². The van der Waals surface area contributed by atoms with E-state index < -0.39 is 0 Å². The molecule has 0 aromatic carbocycles. The van der Waals surface area contributed by atoms with Gasteiger partial charge < -0.3 is 10.1 Å². The van der Waals surface area contributed by atoms with E-state index in [0.29, 0.717) is 6.04 Å². The average Bonchev–Trinajstić information content (AvgIpc) is 2.83. The van der Waals surface area contributed by atoms with Crippen LogP contribution in [-0.2, 0) is 0 Å². The van der Waals surface area contributed by atoms with E-state index in [0.717, 1.165) is 23.6 Å². The van der Waals surface area contributed by atoms with Gasteiger partial charge in [0.05, 0.1) is 17.8 Å². The second-order valence-corrected chi connectivity index (χ2v) is 4.51. The summed E-state index contributed by atoms with van der Waals surface area (Å²) in [5.41, 5.74) is 7.72. The second-order valence-electron chi connectivity index (χ2n) is 4.51. The summed E-state index contributed by atoms with van der Waals surface area (Å²) >= 11 is 0. The van der Waals surface area contributed by atoms with Crippen LogP contribution in [0.2, 0.25) is 0 Å². The number of hydrogen-bond donors (Lipinski definition) is 1. The molecule has 0 spiro atoms. The third-order valence-corrected chi connectivity index (χ3v) is 3.40. The first-order chi connectivity index (χ1) is 7.75. The summed E-state index contributed by atoms with van der Waals surface area (Å²) in [6.07, 6.45) is 6.31. The monoisotopic (exact) mass is 216 g/mol. The van der Waals surface area contributed by atoms with Crippen LogP contribution in [0.25, 0.3) is 5.52 Å². The zero-order chi connectivity index (χ0) is 11.1. The van der Waals surface area contributed by atoms with Crippen LogP contribution >= 0.6 is 0 Å². The van der Waals surface area contributed by atoms with E-state index in [9.17, 15) is 0 Å². The van der Waals surface area contributed by atoms with E-state index in [4.69, 9.17) is 5.73 Å². The van der Waals surface area contributed by atoms with E-state index in [-0.39, 0.29) is 0 Å². The summed E-state index contributed by atoms with van der Waals surface area (Å²) < 4.78 is 2.11. The van der Waals surface area contributed by atoms with Gasteiger partial charge in [-0.2, -0.15) is 0 Å². The van der Waals surface area contributed by atoms with Crippen molar-refractivity contribution in [3.8, 4) is 0 Å². The summed E-state index contributed by atoms with van der Waals surface area (Å²) in [6, 6.07) is 4.37. The van der Waals surface area contributed by atoms with Crippen molar-refractivity contribution in [2.24, 2.45) is 0 Å². The molecule has 16 heavy (non-hydrogen) atoms. The van der Waals surface area contributed by atoms with Gasteiger partial charge >= 0.3 is 0 Å². The quantitative estimate of drug-likeness (QED) is 0.789. The lowest BCUT2D eigenvalue weighted by atomic mass is 10.2. The normalized spacial score (nSPS) is 21.9. The predicted molar refractivity (Wildman–Crippen MR) is 64.2 cm³/mol. The minimum absolute atomic E-state index is 0.435. The number of hydrogen-bond acceptors (Lipinski definition) is 3. The summed E-state index contributed by atoms with van der Waals surface area (Å²) in [7, 11) is 2.16. The van der Waals surface area contributed by atoms with Crippen LogP contribution in [0.1, 0.15) is 24.7 Å². The summed E-state index contributed by atoms with van der Waals surface area (Å²) in [5, 5.41) is 0. The van der Waals surface area contributed by atoms with E-state index in [1.54, 1.807) is 0 Å². The summed E-state index contributed by atoms with van der Waals surface area (Å²) in [4.78, 5) is 6.89. The Balaban J connectivity index is 2.12. The maximum atomic E-state index is 5.82. The number of aromatic nitrogens is 2. The van der Waals surface area contributed by atoms with Crippen LogP contribution in [0, 0.1) is 0 Å². The number of nitrogens with zero attached hydrogens (tertiary/aromatic N) is 3. The van der Waals surface area contributed by atoms with Crippen molar-refractivity contribution < 1.29 is 0 Å². The molecule has 0 amide bonds. The molecule has 1 unspecified atom stereocenters. The zero-order valence-electron chi connectivity index (χ0n) is 9.43. The molecule has 84 valence electrons. The highest BCUT2D eigenvalue weighted by atomic mass is 15.2. The van der Waals surface area contributed by atoms with Gasteiger partial charge in [-0.1, -0.05) is 0 Å². The average molecular weight is 216 g/mol. The van der Waals surface area contributed by atoms with Gasteiger partial charge in [-0.3, -0.25) is 4.90 Å². The molecule has 4 heteroatoms. The van der Waals surface area contributed by atoms with Crippen LogP contribution in [-0.4, -0.2) is 27.9 Å². The molecule has 0 aliphatic carbocycles. The summed E-state index contributed by atoms with van der Waals surface area (Å²) in [5.74, 6) is 1.11. The molecule has 3 heterocycles. The molecule has 2 aromatic rings. The number of nitrogen functional groups attached to an aromatic ring is 1. The first-order valence-electron chi connectivity index (χ1n) is 5.68. The first kappa shape index (κ1) is 9.66. The van der Waals surface area contributed by atoms with Crippen molar-refractivity contribution in [1.29, 1.82) is 0 Å². The van der Waals surface area contributed by atoms with Gasteiger partial charge in [-0.05, 0) is 38.6 Å². The largest absolute Gasteiger partial charge is 0.398 e.